The zero-order valence-corrected chi connectivity index (χ0v) is 19.6. The summed E-state index contributed by atoms with van der Waals surface area (Å²) in [6, 6.07) is 8.88. The predicted octanol–water partition coefficient (Wildman–Crippen LogP) is 4.29. The molecule has 0 spiro atoms. The van der Waals surface area contributed by atoms with Crippen molar-refractivity contribution in [1.29, 1.82) is 0 Å². The summed E-state index contributed by atoms with van der Waals surface area (Å²) >= 11 is 0. The maximum absolute atomic E-state index is 14.5. The molecule has 3 N–H and O–H groups in total. The topological polar surface area (TPSA) is 97.3 Å². The van der Waals surface area contributed by atoms with Crippen LogP contribution >= 0.6 is 0 Å². The monoisotopic (exact) mass is 523 g/mol. The van der Waals surface area contributed by atoms with Gasteiger partial charge in [0.1, 0.15) is 17.7 Å². The first-order valence-corrected chi connectivity index (χ1v) is 11.0. The van der Waals surface area contributed by atoms with Crippen LogP contribution in [0.5, 0.6) is 0 Å². The van der Waals surface area contributed by atoms with Crippen molar-refractivity contribution in [1.82, 2.24) is 20.4 Å². The van der Waals surface area contributed by atoms with E-state index in [9.17, 15) is 31.5 Å². The second kappa shape index (κ2) is 9.81. The van der Waals surface area contributed by atoms with Crippen LogP contribution < -0.4 is 16.0 Å². The smallest absolute Gasteiger partial charge is 0.361 e. The van der Waals surface area contributed by atoms with Gasteiger partial charge in [0, 0.05) is 18.2 Å². The lowest BCUT2D eigenvalue weighted by molar-refractivity contribution is -0.267. The molecule has 0 radical (unpaired) electrons. The summed E-state index contributed by atoms with van der Waals surface area (Å²) in [5.41, 5.74) is -1.49. The van der Waals surface area contributed by atoms with E-state index in [0.29, 0.717) is 5.69 Å². The minimum atomic E-state index is -4.63. The van der Waals surface area contributed by atoms with Crippen molar-refractivity contribution in [2.75, 3.05) is 11.9 Å². The van der Waals surface area contributed by atoms with E-state index in [1.165, 1.54) is 41.1 Å². The van der Waals surface area contributed by atoms with Gasteiger partial charge in [0.05, 0.1) is 18.0 Å². The zero-order valence-electron chi connectivity index (χ0n) is 19.6. The number of nitrogens with one attached hydrogen (secondary N) is 3. The van der Waals surface area contributed by atoms with Crippen molar-refractivity contribution in [2.45, 2.75) is 38.3 Å². The number of nitrogens with zero attached hydrogens (tertiary/aromatic N) is 2. The molecule has 8 nitrogen and oxygen atoms in total. The number of alkyl halides is 3. The lowest BCUT2D eigenvalue weighted by atomic mass is 10.1. The van der Waals surface area contributed by atoms with Crippen LogP contribution in [-0.2, 0) is 16.1 Å². The van der Waals surface area contributed by atoms with Crippen molar-refractivity contribution < 1.29 is 36.3 Å². The third-order valence-corrected chi connectivity index (χ3v) is 5.66. The standard InChI is InChI=1S/C24H22F5N5O3/c1-23(2,24(27,28)29)37-12-13-7-14(9-16(26)8-13)19-10-20(32-21(35)18-11-30-22(36)31-18)33-34(19)17-5-3-15(25)4-6-17/h3-10,18H,11-12H2,1-2H3,(H2,30,31,36)(H,32,33,35)/t18-/m1/s1. The number of carbonyl (C=O) groups excluding carboxylic acids is 2. The molecule has 0 aliphatic carbocycles. The summed E-state index contributed by atoms with van der Waals surface area (Å²) in [5, 5.41) is 11.8. The molecular weight excluding hydrogens is 501 g/mol. The zero-order chi connectivity index (χ0) is 27.0. The number of anilines is 1. The van der Waals surface area contributed by atoms with Crippen molar-refractivity contribution in [2.24, 2.45) is 0 Å². The normalized spacial score (nSPS) is 15.9. The molecular formula is C24H22F5N5O3. The molecule has 2 aromatic carbocycles. The first-order chi connectivity index (χ1) is 17.3. The molecule has 3 aromatic rings. The third kappa shape index (κ3) is 5.88. The van der Waals surface area contributed by atoms with Crippen LogP contribution in [0, 0.1) is 11.6 Å². The summed E-state index contributed by atoms with van der Waals surface area (Å²) < 4.78 is 73.9. The lowest BCUT2D eigenvalue weighted by Gasteiger charge is -2.28. The Morgan fingerprint density at radius 3 is 2.43 bits per heavy atom. The van der Waals surface area contributed by atoms with Gasteiger partial charge in [-0.15, -0.1) is 5.10 Å². The molecule has 1 aromatic heterocycles. The predicted molar refractivity (Wildman–Crippen MR) is 123 cm³/mol. The molecule has 1 atom stereocenters. The molecule has 196 valence electrons. The number of hydrogen-bond donors (Lipinski definition) is 3. The summed E-state index contributed by atoms with van der Waals surface area (Å²) in [6.07, 6.45) is -4.63. The molecule has 37 heavy (non-hydrogen) atoms. The average molecular weight is 523 g/mol. The van der Waals surface area contributed by atoms with Gasteiger partial charge in [0.2, 0.25) is 5.91 Å². The quantitative estimate of drug-likeness (QED) is 0.403. The number of amides is 3. The highest BCUT2D eigenvalue weighted by atomic mass is 19.4. The minimum Gasteiger partial charge on any atom is -0.361 e. The Hall–Kier alpha value is -4.00. The van der Waals surface area contributed by atoms with Gasteiger partial charge in [0.15, 0.2) is 11.4 Å². The van der Waals surface area contributed by atoms with Crippen molar-refractivity contribution in [3.63, 3.8) is 0 Å². The van der Waals surface area contributed by atoms with Crippen molar-refractivity contribution in [3.05, 3.63) is 65.7 Å². The molecule has 0 saturated carbocycles. The largest absolute Gasteiger partial charge is 0.416 e. The Kier molecular flexibility index (Phi) is 6.91. The lowest BCUT2D eigenvalue weighted by Crippen LogP contribution is -2.41. The van der Waals surface area contributed by atoms with Crippen LogP contribution in [0.3, 0.4) is 0 Å². The number of rotatable bonds is 7. The highest BCUT2D eigenvalue weighted by Crippen LogP contribution is 2.34. The molecule has 2 heterocycles. The molecule has 0 bridgehead atoms. The summed E-state index contributed by atoms with van der Waals surface area (Å²) in [7, 11) is 0. The van der Waals surface area contributed by atoms with E-state index < -0.39 is 48.0 Å². The Labute approximate surface area is 207 Å². The van der Waals surface area contributed by atoms with Crippen LogP contribution in [0.2, 0.25) is 0 Å². The highest BCUT2D eigenvalue weighted by molar-refractivity contribution is 5.98. The van der Waals surface area contributed by atoms with Gasteiger partial charge in [-0.3, -0.25) is 4.79 Å². The molecule has 4 rings (SSSR count). The summed E-state index contributed by atoms with van der Waals surface area (Å²) in [4.78, 5) is 23.9. The average Bonchev–Trinajstić information content (AvgIpc) is 3.44. The fourth-order valence-electron chi connectivity index (χ4n) is 3.48. The number of carbonyl (C=O) groups is 2. The van der Waals surface area contributed by atoms with Gasteiger partial charge >= 0.3 is 12.2 Å². The number of aromatic nitrogens is 2. The second-order valence-electron chi connectivity index (χ2n) is 8.84. The number of benzene rings is 2. The van der Waals surface area contributed by atoms with Crippen molar-refractivity contribution >= 4 is 17.8 Å². The molecule has 3 amide bonds. The minimum absolute atomic E-state index is 0.0470. The van der Waals surface area contributed by atoms with Gasteiger partial charge in [-0.2, -0.15) is 13.2 Å². The van der Waals surface area contributed by atoms with E-state index in [0.717, 1.165) is 26.0 Å². The fraction of sp³-hybridized carbons (Fsp3) is 0.292. The second-order valence-corrected chi connectivity index (χ2v) is 8.84. The third-order valence-electron chi connectivity index (χ3n) is 5.66. The highest BCUT2D eigenvalue weighted by Gasteiger charge is 2.48. The van der Waals surface area contributed by atoms with E-state index in [-0.39, 0.29) is 29.2 Å². The van der Waals surface area contributed by atoms with Crippen LogP contribution in [0.4, 0.5) is 32.6 Å². The van der Waals surface area contributed by atoms with Crippen LogP contribution in [0.15, 0.2) is 48.5 Å². The fourth-order valence-corrected chi connectivity index (χ4v) is 3.48. The number of halogens is 5. The molecule has 1 saturated heterocycles. The van der Waals surface area contributed by atoms with Crippen LogP contribution in [0.1, 0.15) is 19.4 Å². The van der Waals surface area contributed by atoms with Gasteiger partial charge < -0.3 is 20.7 Å². The number of urea groups is 1. The van der Waals surface area contributed by atoms with Gasteiger partial charge in [-0.25, -0.2) is 18.3 Å². The summed E-state index contributed by atoms with van der Waals surface area (Å²) in [6.45, 7) is 1.28. The molecule has 1 aliphatic rings. The molecule has 13 heteroatoms. The van der Waals surface area contributed by atoms with Crippen molar-refractivity contribution in [3.8, 4) is 16.9 Å². The summed E-state index contributed by atoms with van der Waals surface area (Å²) in [5.74, 6) is -1.76. The molecule has 1 fully saturated rings. The Balaban J connectivity index is 1.68. The Morgan fingerprint density at radius 1 is 1.11 bits per heavy atom. The maximum atomic E-state index is 14.5. The van der Waals surface area contributed by atoms with E-state index >= 15 is 0 Å². The maximum Gasteiger partial charge on any atom is 0.416 e. The van der Waals surface area contributed by atoms with Gasteiger partial charge in [-0.1, -0.05) is 0 Å². The van der Waals surface area contributed by atoms with Gasteiger partial charge in [0.25, 0.3) is 0 Å². The number of ether oxygens (including phenoxy) is 1. The van der Waals surface area contributed by atoms with E-state index in [2.05, 4.69) is 21.0 Å². The molecule has 1 aliphatic heterocycles. The Bertz CT molecular complexity index is 1320. The molecule has 0 unspecified atom stereocenters. The number of hydrogen-bond acceptors (Lipinski definition) is 4. The van der Waals surface area contributed by atoms with E-state index in [4.69, 9.17) is 4.74 Å². The van der Waals surface area contributed by atoms with E-state index in [1.807, 2.05) is 0 Å². The van der Waals surface area contributed by atoms with Crippen LogP contribution in [0.25, 0.3) is 16.9 Å². The Morgan fingerprint density at radius 2 is 1.81 bits per heavy atom. The SMILES string of the molecule is CC(C)(OCc1cc(F)cc(-c2cc(NC(=O)[C@H]3CNC(=O)N3)nn2-c2ccc(F)cc2)c1)C(F)(F)F. The van der Waals surface area contributed by atoms with Gasteiger partial charge in [-0.05, 0) is 61.9 Å². The first kappa shape index (κ1) is 26.1. The first-order valence-electron chi connectivity index (χ1n) is 11.0. The van der Waals surface area contributed by atoms with E-state index in [1.54, 1.807) is 0 Å². The van der Waals surface area contributed by atoms with Crippen LogP contribution in [-0.4, -0.2) is 46.1 Å².